The molecule has 26 nitrogen and oxygen atoms in total. The topological polar surface area (TPSA) is 333 Å². The van der Waals surface area contributed by atoms with Gasteiger partial charge in [0.2, 0.25) is 16.4 Å². The monoisotopic (exact) mass is 1570 g/mol. The lowest BCUT2D eigenvalue weighted by Crippen LogP contribution is -2.48. The SMILES string of the molecule is COc1ccc(CO)cc1.COc1ccc(COc2cc(C)c3n(c2=O)C2(CCCCC2)NC3=O)cc1.Cc1cc(Br)c(=O)n2c1C(=O)NC21CCCCC1.Cc1cc(O)c(=O)n2c1C(=O)NC21CCCCC1.Cc1cc(Oc2ccnc(Cl)n2)c(=O)n2c1C(=O)NC21CCCCC1.Clc1ccnc(Cl)n1. The van der Waals surface area contributed by atoms with Crippen molar-refractivity contribution in [2.24, 2.45) is 0 Å². The number of aromatic hydroxyl groups is 1. The first kappa shape index (κ1) is 77.7. The normalized spacial score (nSPS) is 17.4. The standard InChI is InChI=1S/C21H24N2O4.C17H17ClN4O3.C13H15BrN2O2.C13H16N2O3.C8H10O2.C4H2Cl2N2/c1-14-12-17(27-13-15-6-8-16(26-2)9-7-15)20(25)23-18(14)19(24)22-21(23)10-4-3-5-11-21;1-10-9-11(25-12-5-8-19-16(18)20-12)15(24)22-13(10)14(23)21-17(22)6-3-2-4-7-17;1-8-7-9(14)12(18)16-10(8)11(17)15-13(16)5-3-2-4-6-13;1-8-7-9(16)12(18)15-10(8)11(17)14-13(15)5-3-2-4-6-13;1-10-8-4-2-7(6-9)3-5-8;5-3-1-2-7-4(6)8-3/h6-9,12H,3-5,10-11,13H2,1-2H3,(H,22,24);5,8-9H,2-4,6-7H2,1H3,(H,21,23);7H,2-6H2,1H3,(H,15,17);7,16H,2-6H2,1H3,(H,14,17);2-5,9H,6H2,1H3;1-2H. The number of halogens is 4. The number of aromatic nitrogens is 8. The first-order valence-corrected chi connectivity index (χ1v) is 37.3. The molecule has 4 saturated carbocycles. The highest BCUT2D eigenvalue weighted by molar-refractivity contribution is 9.10. The molecule has 4 aliphatic carbocycles. The molecule has 16 rings (SSSR count). The van der Waals surface area contributed by atoms with Gasteiger partial charge in [0.05, 0.1) is 25.3 Å². The van der Waals surface area contributed by atoms with Gasteiger partial charge in [-0.2, -0.15) is 4.98 Å². The fourth-order valence-electron chi connectivity index (χ4n) is 15.5. The number of aliphatic hydroxyl groups is 1. The molecule has 4 fully saturated rings. The van der Waals surface area contributed by atoms with Crippen LogP contribution in [-0.4, -0.2) is 86.3 Å². The van der Waals surface area contributed by atoms with E-state index in [9.17, 15) is 43.5 Å². The minimum absolute atomic E-state index is 0.0380. The summed E-state index contributed by atoms with van der Waals surface area (Å²) in [5, 5.41) is 31.1. The van der Waals surface area contributed by atoms with Gasteiger partial charge in [0, 0.05) is 18.5 Å². The minimum atomic E-state index is -0.644. The molecule has 0 radical (unpaired) electrons. The smallest absolute Gasteiger partial charge is 0.296 e. The number of amides is 4. The summed E-state index contributed by atoms with van der Waals surface area (Å²) < 4.78 is 28.6. The number of ether oxygens (including phenoxy) is 4. The number of aliphatic hydroxyl groups excluding tert-OH is 1. The average Bonchev–Trinajstić information content (AvgIpc) is 1.60. The number of fused-ring (bicyclic) bond motifs is 8. The van der Waals surface area contributed by atoms with Crippen molar-refractivity contribution in [3.8, 4) is 34.6 Å². The molecule has 6 aromatic heterocycles. The van der Waals surface area contributed by atoms with Crippen LogP contribution < -0.4 is 62.5 Å². The van der Waals surface area contributed by atoms with E-state index in [-0.39, 0.29) is 87.2 Å². The molecule has 8 aliphatic rings. The number of methoxy groups -OCH3 is 2. The zero-order chi connectivity index (χ0) is 75.8. The van der Waals surface area contributed by atoms with Crippen LogP contribution in [0.15, 0.2) is 121 Å². The summed E-state index contributed by atoms with van der Waals surface area (Å²) >= 11 is 19.8. The lowest BCUT2D eigenvalue weighted by molar-refractivity contribution is 0.0866. The molecule has 0 bridgehead atoms. The Labute approximate surface area is 634 Å². The second-order valence-electron chi connectivity index (χ2n) is 27.5. The van der Waals surface area contributed by atoms with Crippen molar-refractivity contribution < 1.29 is 48.3 Å². The average molecular weight is 1580 g/mol. The summed E-state index contributed by atoms with van der Waals surface area (Å²) in [6, 6.07) is 24.3. The van der Waals surface area contributed by atoms with Crippen LogP contribution in [0.2, 0.25) is 15.7 Å². The van der Waals surface area contributed by atoms with E-state index < -0.39 is 28.2 Å². The summed E-state index contributed by atoms with van der Waals surface area (Å²) in [5.74, 6) is 1.23. The molecule has 4 spiro atoms. The second kappa shape index (κ2) is 33.2. The van der Waals surface area contributed by atoms with Gasteiger partial charge >= 0.3 is 0 Å². The second-order valence-corrected chi connectivity index (χ2v) is 29.4. The van der Waals surface area contributed by atoms with Crippen LogP contribution in [-0.2, 0) is 35.9 Å². The number of carbonyl (C=O) groups is 4. The minimum Gasteiger partial charge on any atom is -0.503 e. The summed E-state index contributed by atoms with van der Waals surface area (Å²) in [5.41, 5.74) is 3.17. The van der Waals surface area contributed by atoms with Gasteiger partial charge in [0.1, 0.15) is 68.7 Å². The van der Waals surface area contributed by atoms with E-state index in [4.69, 9.17) is 58.9 Å². The quantitative estimate of drug-likeness (QED) is 0.0608. The molecule has 10 heterocycles. The number of rotatable bonds is 8. The van der Waals surface area contributed by atoms with E-state index in [1.165, 1.54) is 35.5 Å². The Bertz CT molecular complexity index is 4740. The van der Waals surface area contributed by atoms with Gasteiger partial charge in [-0.05, 0) is 258 Å². The number of aryl methyl sites for hydroxylation is 4. The molecular formula is C76H84BrCl3N12O14. The highest BCUT2D eigenvalue weighted by Crippen LogP contribution is 2.42. The number of hydrogen-bond donors (Lipinski definition) is 6. The van der Waals surface area contributed by atoms with E-state index >= 15 is 0 Å². The summed E-state index contributed by atoms with van der Waals surface area (Å²) in [7, 11) is 3.24. The molecule has 0 atom stereocenters. The highest BCUT2D eigenvalue weighted by atomic mass is 79.9. The van der Waals surface area contributed by atoms with Crippen molar-refractivity contribution in [1.82, 2.24) is 59.5 Å². The van der Waals surface area contributed by atoms with Crippen LogP contribution in [0.3, 0.4) is 0 Å². The van der Waals surface area contributed by atoms with Crippen molar-refractivity contribution in [2.45, 2.75) is 192 Å². The van der Waals surface area contributed by atoms with Gasteiger partial charge in [-0.3, -0.25) is 56.6 Å². The molecular weight excluding hydrogens is 1490 g/mol. The molecule has 4 aliphatic heterocycles. The van der Waals surface area contributed by atoms with Gasteiger partial charge in [-0.15, -0.1) is 0 Å². The number of benzene rings is 2. The van der Waals surface area contributed by atoms with Gasteiger partial charge in [-0.1, -0.05) is 61.5 Å². The number of nitrogens with zero attached hydrogens (tertiary/aromatic N) is 8. The van der Waals surface area contributed by atoms with Crippen LogP contribution in [0.25, 0.3) is 0 Å². The zero-order valence-electron chi connectivity index (χ0n) is 59.7. The van der Waals surface area contributed by atoms with Crippen molar-refractivity contribution in [3.05, 3.63) is 215 Å². The van der Waals surface area contributed by atoms with Gasteiger partial charge in [-0.25, -0.2) is 15.0 Å². The molecule has 2 aromatic carbocycles. The third kappa shape index (κ3) is 16.3. The first-order chi connectivity index (χ1) is 50.8. The Kier molecular flexibility index (Phi) is 24.3. The van der Waals surface area contributed by atoms with Crippen molar-refractivity contribution in [2.75, 3.05) is 14.2 Å². The molecule has 30 heteroatoms. The Morgan fingerprint density at radius 1 is 0.453 bits per heavy atom. The third-order valence-electron chi connectivity index (χ3n) is 20.4. The lowest BCUT2D eigenvalue weighted by Gasteiger charge is -2.35. The predicted octanol–water partition coefficient (Wildman–Crippen LogP) is 12.3. The van der Waals surface area contributed by atoms with E-state index in [0.717, 1.165) is 156 Å². The van der Waals surface area contributed by atoms with Crippen LogP contribution in [0, 0.1) is 27.7 Å². The van der Waals surface area contributed by atoms with E-state index in [1.54, 1.807) is 66.0 Å². The van der Waals surface area contributed by atoms with Crippen LogP contribution >= 0.6 is 50.7 Å². The Morgan fingerprint density at radius 2 is 0.811 bits per heavy atom. The third-order valence-corrected chi connectivity index (χ3v) is 21.6. The fraction of sp³-hybridized carbons (Fsp3) is 0.421. The first-order valence-electron chi connectivity index (χ1n) is 35.3. The predicted molar refractivity (Wildman–Crippen MR) is 401 cm³/mol. The van der Waals surface area contributed by atoms with Crippen LogP contribution in [0.1, 0.15) is 204 Å². The van der Waals surface area contributed by atoms with Crippen LogP contribution in [0.4, 0.5) is 0 Å². The molecule has 0 saturated heterocycles. The molecule has 106 heavy (non-hydrogen) atoms. The van der Waals surface area contributed by atoms with E-state index in [1.807, 2.05) is 62.4 Å². The Balaban J connectivity index is 0.000000132. The summed E-state index contributed by atoms with van der Waals surface area (Å²) in [6.45, 7) is 7.64. The van der Waals surface area contributed by atoms with Crippen molar-refractivity contribution in [3.63, 3.8) is 0 Å². The number of carbonyl (C=O) groups excluding carboxylic acids is 4. The maximum Gasteiger partial charge on any atom is 0.296 e. The van der Waals surface area contributed by atoms with E-state index in [0.29, 0.717) is 43.5 Å². The number of hydrogen-bond acceptors (Lipinski definition) is 18. The maximum atomic E-state index is 13.2. The van der Waals surface area contributed by atoms with Gasteiger partial charge in [0.25, 0.3) is 45.9 Å². The van der Waals surface area contributed by atoms with E-state index in [2.05, 4.69) is 57.1 Å². The van der Waals surface area contributed by atoms with Crippen LogP contribution in [0.5, 0.6) is 34.6 Å². The largest absolute Gasteiger partial charge is 0.503 e. The van der Waals surface area contributed by atoms with Gasteiger partial charge < -0.3 is 50.4 Å². The number of nitrogens with one attached hydrogen (secondary N) is 4. The summed E-state index contributed by atoms with van der Waals surface area (Å²) in [4.78, 5) is 115. The zero-order valence-corrected chi connectivity index (χ0v) is 63.5. The van der Waals surface area contributed by atoms with Gasteiger partial charge in [0.15, 0.2) is 17.2 Å². The Morgan fingerprint density at radius 3 is 1.20 bits per heavy atom. The van der Waals surface area contributed by atoms with Crippen molar-refractivity contribution in [1.29, 1.82) is 0 Å². The fourth-order valence-corrected chi connectivity index (χ4v) is 16.4. The van der Waals surface area contributed by atoms with Crippen molar-refractivity contribution >= 4 is 74.4 Å². The maximum absolute atomic E-state index is 13.2. The molecule has 4 amide bonds. The molecule has 0 unspecified atom stereocenters. The summed E-state index contributed by atoms with van der Waals surface area (Å²) in [6.07, 6.45) is 21.8. The highest BCUT2D eigenvalue weighted by Gasteiger charge is 2.49. The molecule has 8 aromatic rings. The molecule has 560 valence electrons. The Hall–Kier alpha value is -9.41. The lowest BCUT2D eigenvalue weighted by atomic mass is 9.89. The number of pyridine rings is 4. The molecule has 6 N–H and O–H groups in total.